The summed E-state index contributed by atoms with van der Waals surface area (Å²) in [5.74, 6) is -0.680. The highest BCUT2D eigenvalue weighted by molar-refractivity contribution is 5.80. The van der Waals surface area contributed by atoms with Crippen LogP contribution in [-0.4, -0.2) is 37.4 Å². The zero-order valence-electron chi connectivity index (χ0n) is 12.1. The zero-order chi connectivity index (χ0) is 14.4. The van der Waals surface area contributed by atoms with E-state index in [0.29, 0.717) is 6.42 Å². The highest BCUT2D eigenvalue weighted by Gasteiger charge is 2.27. The molecule has 0 radical (unpaired) electrons. The van der Waals surface area contributed by atoms with Crippen molar-refractivity contribution in [1.82, 2.24) is 0 Å². The number of rotatable bonds is 5. The van der Waals surface area contributed by atoms with Gasteiger partial charge in [0.05, 0.1) is 12.5 Å². The van der Waals surface area contributed by atoms with Gasteiger partial charge in [0.15, 0.2) is 0 Å². The first-order valence-electron chi connectivity index (χ1n) is 5.87. The van der Waals surface area contributed by atoms with Gasteiger partial charge in [-0.05, 0) is 41.0 Å². The summed E-state index contributed by atoms with van der Waals surface area (Å²) in [6.45, 7) is 8.89. The number of esters is 2. The predicted octanol–water partition coefficient (Wildman–Crippen LogP) is 1.99. The summed E-state index contributed by atoms with van der Waals surface area (Å²) in [5, 5.41) is 0. The summed E-state index contributed by atoms with van der Waals surface area (Å²) >= 11 is 0. The molecule has 0 fully saturated rings. The molecule has 0 atom stereocenters. The third kappa shape index (κ3) is 7.04. The molecule has 0 saturated carbocycles. The third-order valence-corrected chi connectivity index (χ3v) is 2.11. The van der Waals surface area contributed by atoms with Crippen LogP contribution in [0.15, 0.2) is 4.99 Å². The van der Waals surface area contributed by atoms with Crippen LogP contribution in [0.3, 0.4) is 0 Å². The molecule has 0 aliphatic rings. The van der Waals surface area contributed by atoms with Crippen molar-refractivity contribution in [2.24, 2.45) is 10.4 Å². The second kappa shape index (κ2) is 6.52. The molecule has 0 saturated heterocycles. The first-order valence-corrected chi connectivity index (χ1v) is 5.87. The van der Waals surface area contributed by atoms with E-state index in [1.54, 1.807) is 40.8 Å². The second-order valence-electron chi connectivity index (χ2n) is 5.69. The Morgan fingerprint density at radius 3 is 2.17 bits per heavy atom. The summed E-state index contributed by atoms with van der Waals surface area (Å²) in [6.07, 6.45) is 1.98. The van der Waals surface area contributed by atoms with Crippen LogP contribution >= 0.6 is 0 Å². The van der Waals surface area contributed by atoms with Gasteiger partial charge in [0.25, 0.3) is 0 Å². The van der Waals surface area contributed by atoms with Crippen LogP contribution in [0.25, 0.3) is 0 Å². The van der Waals surface area contributed by atoms with Crippen molar-refractivity contribution in [2.75, 3.05) is 13.7 Å². The third-order valence-electron chi connectivity index (χ3n) is 2.11. The first kappa shape index (κ1) is 16.6. The number of carbonyl (C=O) groups excluding carboxylic acids is 2. The van der Waals surface area contributed by atoms with Gasteiger partial charge in [-0.2, -0.15) is 0 Å². The van der Waals surface area contributed by atoms with Crippen molar-refractivity contribution in [3.8, 4) is 0 Å². The van der Waals surface area contributed by atoms with Crippen LogP contribution in [0, 0.1) is 5.41 Å². The standard InChI is InChI=1S/C13H23NO4/c1-12(2,3)18-10(15)9-14-8-7-13(4,5)11(16)17-6/h8H,7,9H2,1-6H3/b14-8+. The normalized spacial score (nSPS) is 12.6. The van der Waals surface area contributed by atoms with Crippen LogP contribution in [0.5, 0.6) is 0 Å². The fourth-order valence-corrected chi connectivity index (χ4v) is 1.17. The van der Waals surface area contributed by atoms with Gasteiger partial charge in [-0.25, -0.2) is 0 Å². The largest absolute Gasteiger partial charge is 0.469 e. The van der Waals surface area contributed by atoms with Gasteiger partial charge in [0.1, 0.15) is 12.1 Å². The predicted molar refractivity (Wildman–Crippen MR) is 69.6 cm³/mol. The van der Waals surface area contributed by atoms with Crippen LogP contribution < -0.4 is 0 Å². The average Bonchev–Trinajstić information content (AvgIpc) is 2.20. The molecule has 0 aromatic heterocycles. The fraction of sp³-hybridized carbons (Fsp3) is 0.769. The molecule has 0 rings (SSSR count). The molecule has 0 bridgehead atoms. The van der Waals surface area contributed by atoms with E-state index < -0.39 is 11.0 Å². The van der Waals surface area contributed by atoms with Crippen LogP contribution in [0.2, 0.25) is 0 Å². The molecule has 0 N–H and O–H groups in total. The Bertz CT molecular complexity index is 326. The van der Waals surface area contributed by atoms with Crippen molar-refractivity contribution in [1.29, 1.82) is 0 Å². The van der Waals surface area contributed by atoms with Gasteiger partial charge in [-0.15, -0.1) is 0 Å². The van der Waals surface area contributed by atoms with Gasteiger partial charge < -0.3 is 9.47 Å². The molecule has 0 unspecified atom stereocenters. The Hall–Kier alpha value is -1.39. The van der Waals surface area contributed by atoms with Crippen LogP contribution in [-0.2, 0) is 19.1 Å². The minimum Gasteiger partial charge on any atom is -0.469 e. The molecule has 18 heavy (non-hydrogen) atoms. The van der Waals surface area contributed by atoms with E-state index in [9.17, 15) is 9.59 Å². The maximum absolute atomic E-state index is 11.4. The smallest absolute Gasteiger partial charge is 0.328 e. The Labute approximate surface area is 109 Å². The number of nitrogens with zero attached hydrogens (tertiary/aromatic N) is 1. The monoisotopic (exact) mass is 257 g/mol. The molecule has 0 aliphatic carbocycles. The van der Waals surface area contributed by atoms with E-state index in [1.807, 2.05) is 0 Å². The van der Waals surface area contributed by atoms with E-state index in [2.05, 4.69) is 9.73 Å². The molecule has 0 aromatic rings. The second-order valence-corrected chi connectivity index (χ2v) is 5.69. The van der Waals surface area contributed by atoms with Crippen LogP contribution in [0.4, 0.5) is 0 Å². The molecule has 0 aromatic carbocycles. The van der Waals surface area contributed by atoms with Gasteiger partial charge in [0, 0.05) is 6.21 Å². The number of hydrogen-bond donors (Lipinski definition) is 0. The zero-order valence-corrected chi connectivity index (χ0v) is 12.1. The lowest BCUT2D eigenvalue weighted by Gasteiger charge is -2.19. The molecular formula is C13H23NO4. The average molecular weight is 257 g/mol. The van der Waals surface area contributed by atoms with Crippen molar-refractivity contribution >= 4 is 18.2 Å². The Balaban J connectivity index is 4.13. The number of ether oxygens (including phenoxy) is 2. The lowest BCUT2D eigenvalue weighted by molar-refractivity contribution is -0.153. The van der Waals surface area contributed by atoms with E-state index >= 15 is 0 Å². The van der Waals surface area contributed by atoms with Gasteiger partial charge in [-0.1, -0.05) is 0 Å². The van der Waals surface area contributed by atoms with Crippen molar-refractivity contribution in [2.45, 2.75) is 46.6 Å². The highest BCUT2D eigenvalue weighted by atomic mass is 16.6. The van der Waals surface area contributed by atoms with E-state index in [0.717, 1.165) is 0 Å². The minimum atomic E-state index is -0.633. The topological polar surface area (TPSA) is 65.0 Å². The lowest BCUT2D eigenvalue weighted by Crippen LogP contribution is -2.26. The maximum atomic E-state index is 11.4. The number of carbonyl (C=O) groups is 2. The van der Waals surface area contributed by atoms with E-state index in [-0.39, 0.29) is 18.5 Å². The Morgan fingerprint density at radius 1 is 1.17 bits per heavy atom. The van der Waals surface area contributed by atoms with Crippen molar-refractivity contribution in [3.05, 3.63) is 0 Å². The number of methoxy groups -OCH3 is 1. The molecule has 5 nitrogen and oxygen atoms in total. The molecule has 0 spiro atoms. The van der Waals surface area contributed by atoms with Crippen LogP contribution in [0.1, 0.15) is 41.0 Å². The summed E-state index contributed by atoms with van der Waals surface area (Å²) in [4.78, 5) is 26.7. The Morgan fingerprint density at radius 2 is 1.72 bits per heavy atom. The molecular weight excluding hydrogens is 234 g/mol. The molecule has 0 heterocycles. The highest BCUT2D eigenvalue weighted by Crippen LogP contribution is 2.20. The minimum absolute atomic E-state index is 0.0332. The summed E-state index contributed by atoms with van der Waals surface area (Å²) in [7, 11) is 1.35. The number of aliphatic imine (C=N–C) groups is 1. The summed E-state index contributed by atoms with van der Waals surface area (Å²) in [6, 6.07) is 0. The summed E-state index contributed by atoms with van der Waals surface area (Å²) in [5.41, 5.74) is -1.13. The lowest BCUT2D eigenvalue weighted by atomic mass is 9.90. The quantitative estimate of drug-likeness (QED) is 0.558. The maximum Gasteiger partial charge on any atom is 0.328 e. The number of hydrogen-bond acceptors (Lipinski definition) is 5. The molecule has 0 amide bonds. The van der Waals surface area contributed by atoms with Crippen molar-refractivity contribution < 1.29 is 19.1 Å². The van der Waals surface area contributed by atoms with Gasteiger partial charge >= 0.3 is 11.9 Å². The molecule has 104 valence electrons. The fourth-order valence-electron chi connectivity index (χ4n) is 1.17. The summed E-state index contributed by atoms with van der Waals surface area (Å²) < 4.78 is 9.76. The van der Waals surface area contributed by atoms with Crippen molar-refractivity contribution in [3.63, 3.8) is 0 Å². The molecule has 5 heteroatoms. The van der Waals surface area contributed by atoms with E-state index in [1.165, 1.54) is 7.11 Å². The van der Waals surface area contributed by atoms with Gasteiger partial charge in [-0.3, -0.25) is 14.6 Å². The molecule has 0 aliphatic heterocycles. The van der Waals surface area contributed by atoms with Gasteiger partial charge in [0.2, 0.25) is 0 Å². The van der Waals surface area contributed by atoms with E-state index in [4.69, 9.17) is 4.74 Å². The SMILES string of the molecule is COC(=O)C(C)(C)C/C=N/CC(=O)OC(C)(C)C. The first-order chi connectivity index (χ1) is 8.08. The Kier molecular flexibility index (Phi) is 6.01.